The van der Waals surface area contributed by atoms with Crippen LogP contribution in [0.1, 0.15) is 5.69 Å². The van der Waals surface area contributed by atoms with Gasteiger partial charge in [0.1, 0.15) is 22.1 Å². The first-order valence-corrected chi connectivity index (χ1v) is 15.1. The Labute approximate surface area is 247 Å². The number of non-ortho nitro benzene ring substituents is 1. The summed E-state index contributed by atoms with van der Waals surface area (Å²) in [5.74, 6) is -0.618. The summed E-state index contributed by atoms with van der Waals surface area (Å²) in [6.45, 7) is 1.75. The molecule has 1 aliphatic heterocycles. The van der Waals surface area contributed by atoms with E-state index >= 15 is 0 Å². The summed E-state index contributed by atoms with van der Waals surface area (Å²) >= 11 is 0. The van der Waals surface area contributed by atoms with Crippen LogP contribution in [0.3, 0.4) is 0 Å². The molecule has 0 bridgehead atoms. The maximum atomic E-state index is 13.7. The van der Waals surface area contributed by atoms with Gasteiger partial charge in [0.05, 0.1) is 23.4 Å². The van der Waals surface area contributed by atoms with E-state index in [0.29, 0.717) is 36.5 Å². The molecule has 0 unspecified atom stereocenters. The van der Waals surface area contributed by atoms with Gasteiger partial charge in [0.25, 0.3) is 5.69 Å². The van der Waals surface area contributed by atoms with Gasteiger partial charge in [-0.2, -0.15) is 4.31 Å². The monoisotopic (exact) mass is 601 g/mol. The average molecular weight is 602 g/mol. The van der Waals surface area contributed by atoms with Gasteiger partial charge in [-0.3, -0.25) is 15.0 Å². The van der Waals surface area contributed by atoms with Gasteiger partial charge in [0, 0.05) is 62.7 Å². The second-order valence-electron chi connectivity index (χ2n) is 10.2. The number of benzene rings is 3. The van der Waals surface area contributed by atoms with Crippen molar-refractivity contribution in [3.8, 4) is 28.1 Å². The van der Waals surface area contributed by atoms with Crippen LogP contribution in [0, 0.1) is 15.9 Å². The Bertz CT molecular complexity index is 1920. The first kappa shape index (κ1) is 28.5. The number of ether oxygens (including phenoxy) is 1. The minimum Gasteiger partial charge on any atom is -0.495 e. The van der Waals surface area contributed by atoms with Gasteiger partial charge in [-0.05, 0) is 35.4 Å². The second kappa shape index (κ2) is 11.6. The van der Waals surface area contributed by atoms with Crippen molar-refractivity contribution in [3.05, 3.63) is 113 Å². The number of imidazole rings is 1. The van der Waals surface area contributed by atoms with E-state index in [-0.39, 0.29) is 29.4 Å². The number of nitro groups is 1. The number of rotatable bonds is 8. The van der Waals surface area contributed by atoms with Crippen LogP contribution >= 0.6 is 0 Å². The van der Waals surface area contributed by atoms with Gasteiger partial charge in [-0.1, -0.05) is 42.5 Å². The number of sulfonamides is 1. The van der Waals surface area contributed by atoms with Crippen molar-refractivity contribution in [2.45, 2.75) is 11.4 Å². The average Bonchev–Trinajstić information content (AvgIpc) is 3.39. The SMILES string of the molecule is COc1cc(F)ccc1S(=O)(=O)N1CCN(Cc2c(-c3cccc([N+](=O)[O-])c3)nc3ccc(-c4ccccc4)cn23)CC1. The van der Waals surface area contributed by atoms with E-state index in [1.807, 2.05) is 53.1 Å². The molecule has 0 aliphatic carbocycles. The summed E-state index contributed by atoms with van der Waals surface area (Å²) in [6, 6.07) is 23.7. The Morgan fingerprint density at radius 1 is 0.907 bits per heavy atom. The van der Waals surface area contributed by atoms with Crippen molar-refractivity contribution in [3.63, 3.8) is 0 Å². The van der Waals surface area contributed by atoms with E-state index in [2.05, 4.69) is 4.90 Å². The Kier molecular flexibility index (Phi) is 7.65. The van der Waals surface area contributed by atoms with E-state index in [1.165, 1.54) is 29.6 Å². The first-order chi connectivity index (χ1) is 20.7. The summed E-state index contributed by atoms with van der Waals surface area (Å²) < 4.78 is 49.1. The standard InChI is InChI=1S/C31H28FN5O5S/c1-42-28-19-25(32)11-12-29(28)43(40,41)35-16-14-34(15-17-35)21-27-31(23-8-5-9-26(18-23)37(38)39)33-30-13-10-24(20-36(27)30)22-6-3-2-4-7-22/h2-13,18-20H,14-17,21H2,1H3. The van der Waals surface area contributed by atoms with Crippen LogP contribution in [-0.4, -0.2) is 65.2 Å². The lowest BCUT2D eigenvalue weighted by Crippen LogP contribution is -2.48. The molecule has 0 radical (unpaired) electrons. The van der Waals surface area contributed by atoms with E-state index in [4.69, 9.17) is 9.72 Å². The summed E-state index contributed by atoms with van der Waals surface area (Å²) in [4.78, 5) is 18.0. The molecule has 43 heavy (non-hydrogen) atoms. The van der Waals surface area contributed by atoms with Crippen molar-refractivity contribution < 1.29 is 22.5 Å². The second-order valence-corrected chi connectivity index (χ2v) is 12.1. The number of methoxy groups -OCH3 is 1. The van der Waals surface area contributed by atoms with Gasteiger partial charge in [-0.15, -0.1) is 0 Å². The number of aromatic nitrogens is 2. The highest BCUT2D eigenvalue weighted by atomic mass is 32.2. The van der Waals surface area contributed by atoms with Gasteiger partial charge < -0.3 is 9.14 Å². The van der Waals surface area contributed by atoms with Crippen LogP contribution in [0.25, 0.3) is 28.0 Å². The molecule has 12 heteroatoms. The largest absolute Gasteiger partial charge is 0.495 e. The number of hydrogen-bond acceptors (Lipinski definition) is 7. The number of hydrogen-bond donors (Lipinski definition) is 0. The molecule has 0 spiro atoms. The van der Waals surface area contributed by atoms with Gasteiger partial charge in [0.2, 0.25) is 10.0 Å². The van der Waals surface area contributed by atoms with E-state index < -0.39 is 20.8 Å². The third kappa shape index (κ3) is 5.59. The highest BCUT2D eigenvalue weighted by Gasteiger charge is 2.32. The number of fused-ring (bicyclic) bond motifs is 1. The molecule has 6 rings (SSSR count). The fourth-order valence-corrected chi connectivity index (χ4v) is 6.94. The van der Waals surface area contributed by atoms with Crippen LogP contribution in [-0.2, 0) is 16.6 Å². The van der Waals surface area contributed by atoms with E-state index in [9.17, 15) is 22.9 Å². The molecule has 1 fully saturated rings. The predicted octanol–water partition coefficient (Wildman–Crippen LogP) is 5.23. The normalized spacial score (nSPS) is 14.7. The zero-order valence-electron chi connectivity index (χ0n) is 23.3. The lowest BCUT2D eigenvalue weighted by Gasteiger charge is -2.34. The zero-order valence-corrected chi connectivity index (χ0v) is 24.1. The van der Waals surface area contributed by atoms with Crippen LogP contribution in [0.15, 0.2) is 96.0 Å². The van der Waals surface area contributed by atoms with Crippen LogP contribution in [0.5, 0.6) is 5.75 Å². The molecular formula is C31H28FN5O5S. The molecule has 0 atom stereocenters. The van der Waals surface area contributed by atoms with Gasteiger partial charge in [-0.25, -0.2) is 17.8 Å². The van der Waals surface area contributed by atoms with Crippen molar-refractivity contribution in [2.24, 2.45) is 0 Å². The molecule has 3 aromatic carbocycles. The molecule has 10 nitrogen and oxygen atoms in total. The molecule has 1 aliphatic rings. The zero-order chi connectivity index (χ0) is 30.1. The summed E-state index contributed by atoms with van der Waals surface area (Å²) in [6.07, 6.45) is 2.01. The van der Waals surface area contributed by atoms with Crippen LogP contribution in [0.2, 0.25) is 0 Å². The van der Waals surface area contributed by atoms with Crippen molar-refractivity contribution in [1.29, 1.82) is 0 Å². The molecule has 0 amide bonds. The molecule has 0 saturated carbocycles. The summed E-state index contributed by atoms with van der Waals surface area (Å²) in [7, 11) is -2.60. The molecule has 1 saturated heterocycles. The Morgan fingerprint density at radius 3 is 2.37 bits per heavy atom. The lowest BCUT2D eigenvalue weighted by molar-refractivity contribution is -0.384. The Morgan fingerprint density at radius 2 is 1.65 bits per heavy atom. The molecular weight excluding hydrogens is 573 g/mol. The molecule has 5 aromatic rings. The minimum atomic E-state index is -3.91. The van der Waals surface area contributed by atoms with Gasteiger partial charge >= 0.3 is 0 Å². The fourth-order valence-electron chi connectivity index (χ4n) is 5.38. The number of halogens is 1. The molecule has 220 valence electrons. The number of pyridine rings is 1. The Hall–Kier alpha value is -4.65. The van der Waals surface area contributed by atoms with Crippen LogP contribution < -0.4 is 4.74 Å². The number of piperazine rings is 1. The van der Waals surface area contributed by atoms with E-state index in [1.54, 1.807) is 12.1 Å². The fraction of sp³-hybridized carbons (Fsp3) is 0.194. The van der Waals surface area contributed by atoms with Crippen molar-refractivity contribution >= 4 is 21.4 Å². The molecule has 3 heterocycles. The van der Waals surface area contributed by atoms with Crippen LogP contribution in [0.4, 0.5) is 10.1 Å². The van der Waals surface area contributed by atoms with Gasteiger partial charge in [0.15, 0.2) is 0 Å². The van der Waals surface area contributed by atoms with Crippen molar-refractivity contribution in [1.82, 2.24) is 18.6 Å². The quantitative estimate of drug-likeness (QED) is 0.177. The maximum Gasteiger partial charge on any atom is 0.270 e. The summed E-state index contributed by atoms with van der Waals surface area (Å²) in [5, 5.41) is 11.5. The number of nitrogens with zero attached hydrogens (tertiary/aromatic N) is 5. The first-order valence-electron chi connectivity index (χ1n) is 13.6. The Balaban J connectivity index is 1.32. The lowest BCUT2D eigenvalue weighted by atomic mass is 10.1. The topological polar surface area (TPSA) is 110 Å². The van der Waals surface area contributed by atoms with Crippen molar-refractivity contribution in [2.75, 3.05) is 33.3 Å². The smallest absolute Gasteiger partial charge is 0.270 e. The third-order valence-electron chi connectivity index (χ3n) is 7.60. The molecule has 2 aromatic heterocycles. The molecule has 0 N–H and O–H groups in total. The maximum absolute atomic E-state index is 13.7. The highest BCUT2D eigenvalue weighted by molar-refractivity contribution is 7.89. The summed E-state index contributed by atoms with van der Waals surface area (Å²) in [5.41, 5.74) is 4.78. The minimum absolute atomic E-state index is 0.0273. The van der Waals surface area contributed by atoms with E-state index in [0.717, 1.165) is 29.0 Å². The third-order valence-corrected chi connectivity index (χ3v) is 9.54. The predicted molar refractivity (Wildman–Crippen MR) is 160 cm³/mol. The highest BCUT2D eigenvalue weighted by Crippen LogP contribution is 2.32. The number of nitro benzene ring substituents is 1.